The number of rotatable bonds is 3. The molecule has 0 radical (unpaired) electrons. The number of piperidine rings is 1. The molecule has 1 heterocycles. The predicted molar refractivity (Wildman–Crippen MR) is 76.4 cm³/mol. The first-order valence-corrected chi connectivity index (χ1v) is 7.37. The van der Waals surface area contributed by atoms with Crippen molar-refractivity contribution >= 4 is 17.5 Å². The lowest BCUT2D eigenvalue weighted by atomic mass is 9.75. The van der Waals surface area contributed by atoms with Crippen molar-refractivity contribution in [3.63, 3.8) is 0 Å². The van der Waals surface area contributed by atoms with Crippen molar-refractivity contribution in [1.29, 1.82) is 0 Å². The van der Waals surface area contributed by atoms with Crippen molar-refractivity contribution in [2.45, 2.75) is 43.7 Å². The molecule has 2 N–H and O–H groups in total. The Hall–Kier alpha value is -1.06. The molecule has 1 saturated heterocycles. The zero-order valence-electron chi connectivity index (χ0n) is 10.9. The van der Waals surface area contributed by atoms with Crippen molar-refractivity contribution in [3.05, 3.63) is 34.9 Å². The second kappa shape index (κ2) is 5.51. The molecule has 19 heavy (non-hydrogen) atoms. The maximum atomic E-state index is 11.1. The molecule has 2 aliphatic rings. The highest BCUT2D eigenvalue weighted by Gasteiger charge is 2.32. The van der Waals surface area contributed by atoms with Gasteiger partial charge in [-0.15, -0.1) is 0 Å². The minimum absolute atomic E-state index is 0.184. The van der Waals surface area contributed by atoms with Gasteiger partial charge in [0.2, 0.25) is 5.91 Å². The van der Waals surface area contributed by atoms with Crippen molar-refractivity contribution in [2.75, 3.05) is 6.54 Å². The molecule has 1 unspecified atom stereocenters. The number of hydrogen-bond donors (Lipinski definition) is 2. The number of nitrogens with one attached hydrogen (secondary N) is 2. The third-order valence-electron chi connectivity index (χ3n) is 4.20. The molecular weight excluding hydrogens is 260 g/mol. The van der Waals surface area contributed by atoms with Crippen LogP contribution in [0.1, 0.15) is 37.2 Å². The Morgan fingerprint density at radius 2 is 2.11 bits per heavy atom. The lowest BCUT2D eigenvalue weighted by Gasteiger charge is -2.39. The van der Waals surface area contributed by atoms with Gasteiger partial charge < -0.3 is 10.6 Å². The molecule has 0 aromatic heterocycles. The Bertz CT molecular complexity index is 461. The molecule has 4 heteroatoms. The summed E-state index contributed by atoms with van der Waals surface area (Å²) in [6, 6.07) is 9.21. The number of carbonyl (C=O) groups is 1. The lowest BCUT2D eigenvalue weighted by Crippen LogP contribution is -2.52. The van der Waals surface area contributed by atoms with Gasteiger partial charge in [-0.1, -0.05) is 23.7 Å². The molecule has 3 rings (SSSR count). The van der Waals surface area contributed by atoms with E-state index in [1.54, 1.807) is 0 Å². The summed E-state index contributed by atoms with van der Waals surface area (Å²) in [4.78, 5) is 11.1. The van der Waals surface area contributed by atoms with Crippen LogP contribution < -0.4 is 10.6 Å². The van der Waals surface area contributed by atoms with E-state index in [2.05, 4.69) is 22.8 Å². The van der Waals surface area contributed by atoms with Crippen molar-refractivity contribution in [2.24, 2.45) is 0 Å². The standard InChI is InChI=1S/C15H19ClN2O/c16-12-3-1-2-10(6-12)11-7-14(8-11)18-13-4-5-15(19)17-9-13/h1-3,6,11,13-14,18H,4-5,7-9H2,(H,17,19). The molecule has 1 saturated carbocycles. The summed E-state index contributed by atoms with van der Waals surface area (Å²) >= 11 is 6.02. The van der Waals surface area contributed by atoms with Crippen LogP contribution in [0, 0.1) is 0 Å². The van der Waals surface area contributed by atoms with Gasteiger partial charge in [0, 0.05) is 30.1 Å². The molecule has 1 aliphatic heterocycles. The highest BCUT2D eigenvalue weighted by Crippen LogP contribution is 2.37. The maximum Gasteiger partial charge on any atom is 0.220 e. The normalized spacial score (nSPS) is 30.6. The molecule has 1 aliphatic carbocycles. The van der Waals surface area contributed by atoms with Gasteiger partial charge in [-0.3, -0.25) is 4.79 Å². The molecule has 0 bridgehead atoms. The van der Waals surface area contributed by atoms with Crippen LogP contribution in [-0.2, 0) is 4.79 Å². The molecule has 1 aromatic carbocycles. The molecule has 1 amide bonds. The summed E-state index contributed by atoms with van der Waals surface area (Å²) in [6.45, 7) is 0.775. The molecule has 1 atom stereocenters. The van der Waals surface area contributed by atoms with E-state index in [9.17, 15) is 4.79 Å². The minimum Gasteiger partial charge on any atom is -0.355 e. The lowest BCUT2D eigenvalue weighted by molar-refractivity contribution is -0.122. The molecule has 2 fully saturated rings. The van der Waals surface area contributed by atoms with Crippen LogP contribution in [0.15, 0.2) is 24.3 Å². The average molecular weight is 279 g/mol. The highest BCUT2D eigenvalue weighted by atomic mass is 35.5. The summed E-state index contributed by atoms with van der Waals surface area (Å²) in [5.41, 5.74) is 1.35. The van der Waals surface area contributed by atoms with Crippen molar-refractivity contribution < 1.29 is 4.79 Å². The number of halogens is 1. The molecule has 1 aromatic rings. The zero-order valence-corrected chi connectivity index (χ0v) is 11.6. The van der Waals surface area contributed by atoms with Crippen LogP contribution in [0.3, 0.4) is 0 Å². The van der Waals surface area contributed by atoms with E-state index in [4.69, 9.17) is 11.6 Å². The second-order valence-electron chi connectivity index (χ2n) is 5.63. The summed E-state index contributed by atoms with van der Waals surface area (Å²) in [5, 5.41) is 7.38. The van der Waals surface area contributed by atoms with Gasteiger partial charge in [0.15, 0.2) is 0 Å². The maximum absolute atomic E-state index is 11.1. The number of amides is 1. The fourth-order valence-corrected chi connectivity index (χ4v) is 3.19. The number of carbonyl (C=O) groups excluding carboxylic acids is 1. The second-order valence-corrected chi connectivity index (χ2v) is 6.06. The predicted octanol–water partition coefficient (Wildman–Crippen LogP) is 2.45. The first-order chi connectivity index (χ1) is 9.20. The van der Waals surface area contributed by atoms with Crippen molar-refractivity contribution in [3.8, 4) is 0 Å². The smallest absolute Gasteiger partial charge is 0.220 e. The Balaban J connectivity index is 1.46. The monoisotopic (exact) mass is 278 g/mol. The van der Waals surface area contributed by atoms with E-state index in [1.165, 1.54) is 18.4 Å². The quantitative estimate of drug-likeness (QED) is 0.892. The van der Waals surface area contributed by atoms with Crippen LogP contribution in [0.2, 0.25) is 5.02 Å². The topological polar surface area (TPSA) is 41.1 Å². The Labute approximate surface area is 118 Å². The number of benzene rings is 1. The van der Waals surface area contributed by atoms with Crippen molar-refractivity contribution in [1.82, 2.24) is 10.6 Å². The summed E-state index contributed by atoms with van der Waals surface area (Å²) in [7, 11) is 0. The van der Waals surface area contributed by atoms with Crippen LogP contribution in [-0.4, -0.2) is 24.5 Å². The first-order valence-electron chi connectivity index (χ1n) is 6.99. The zero-order chi connectivity index (χ0) is 13.2. The molecular formula is C15H19ClN2O. The van der Waals surface area contributed by atoms with Crippen LogP contribution in [0.25, 0.3) is 0 Å². The molecule has 3 nitrogen and oxygen atoms in total. The summed E-state index contributed by atoms with van der Waals surface area (Å²) in [5.74, 6) is 0.817. The number of hydrogen-bond acceptors (Lipinski definition) is 2. The Kier molecular flexibility index (Phi) is 3.76. The molecule has 102 valence electrons. The highest BCUT2D eigenvalue weighted by molar-refractivity contribution is 6.30. The van der Waals surface area contributed by atoms with Gasteiger partial charge in [-0.2, -0.15) is 0 Å². The molecule has 0 spiro atoms. The van der Waals surface area contributed by atoms with E-state index in [-0.39, 0.29) is 5.91 Å². The largest absolute Gasteiger partial charge is 0.355 e. The SMILES string of the molecule is O=C1CCC(NC2CC(c3cccc(Cl)c3)C2)CN1. The van der Waals surface area contributed by atoms with E-state index in [1.807, 2.05) is 12.1 Å². The van der Waals surface area contributed by atoms with Gasteiger partial charge >= 0.3 is 0 Å². The third-order valence-corrected chi connectivity index (χ3v) is 4.43. The van der Waals surface area contributed by atoms with E-state index in [0.717, 1.165) is 18.0 Å². The Morgan fingerprint density at radius 3 is 2.79 bits per heavy atom. The fraction of sp³-hybridized carbons (Fsp3) is 0.533. The first kappa shape index (κ1) is 12.9. The van der Waals surface area contributed by atoms with Gasteiger partial charge in [-0.05, 0) is 42.9 Å². The van der Waals surface area contributed by atoms with E-state index in [0.29, 0.717) is 24.4 Å². The van der Waals surface area contributed by atoms with Gasteiger partial charge in [0.05, 0.1) is 0 Å². The van der Waals surface area contributed by atoms with Crippen LogP contribution in [0.4, 0.5) is 0 Å². The average Bonchev–Trinajstić information content (AvgIpc) is 2.35. The van der Waals surface area contributed by atoms with E-state index >= 15 is 0 Å². The minimum atomic E-state index is 0.184. The Morgan fingerprint density at radius 1 is 1.26 bits per heavy atom. The van der Waals surface area contributed by atoms with Crippen LogP contribution in [0.5, 0.6) is 0 Å². The van der Waals surface area contributed by atoms with Gasteiger partial charge in [-0.25, -0.2) is 0 Å². The third kappa shape index (κ3) is 3.10. The van der Waals surface area contributed by atoms with E-state index < -0.39 is 0 Å². The van der Waals surface area contributed by atoms with Crippen LogP contribution >= 0.6 is 11.6 Å². The fourth-order valence-electron chi connectivity index (χ4n) is 3.00. The van der Waals surface area contributed by atoms with Gasteiger partial charge in [0.1, 0.15) is 0 Å². The summed E-state index contributed by atoms with van der Waals surface area (Å²) in [6.07, 6.45) is 3.96. The summed E-state index contributed by atoms with van der Waals surface area (Å²) < 4.78 is 0. The van der Waals surface area contributed by atoms with Gasteiger partial charge in [0.25, 0.3) is 0 Å².